The summed E-state index contributed by atoms with van der Waals surface area (Å²) in [5, 5.41) is 12.0. The van der Waals surface area contributed by atoms with Gasteiger partial charge in [-0.25, -0.2) is 0 Å². The summed E-state index contributed by atoms with van der Waals surface area (Å²) >= 11 is 0. The highest BCUT2D eigenvalue weighted by Crippen LogP contribution is 2.30. The topological polar surface area (TPSA) is 66.4 Å². The van der Waals surface area contributed by atoms with E-state index in [1.165, 1.54) is 17.5 Å². The van der Waals surface area contributed by atoms with Crippen LogP contribution in [0.25, 0.3) is 0 Å². The van der Waals surface area contributed by atoms with Gasteiger partial charge in [0.15, 0.2) is 0 Å². The van der Waals surface area contributed by atoms with Crippen molar-refractivity contribution >= 4 is 17.6 Å². The number of aryl methyl sites for hydroxylation is 2. The maximum Gasteiger partial charge on any atom is 0.306 e. The van der Waals surface area contributed by atoms with E-state index < -0.39 is 5.97 Å². The zero-order chi connectivity index (χ0) is 14.8. The Hall–Kier alpha value is -1.84. The molecule has 2 aliphatic carbocycles. The number of carboxylic acids is 1. The molecule has 0 spiro atoms. The van der Waals surface area contributed by atoms with Crippen LogP contribution in [0.5, 0.6) is 0 Å². The molecule has 3 rings (SSSR count). The van der Waals surface area contributed by atoms with Crippen LogP contribution in [0.1, 0.15) is 43.2 Å². The predicted octanol–water partition coefficient (Wildman–Crippen LogP) is 3.00. The molecule has 0 atom stereocenters. The lowest BCUT2D eigenvalue weighted by molar-refractivity contribution is -0.143. The van der Waals surface area contributed by atoms with E-state index in [4.69, 9.17) is 5.11 Å². The lowest BCUT2D eigenvalue weighted by Gasteiger charge is -2.25. The second-order valence-corrected chi connectivity index (χ2v) is 6.21. The number of benzene rings is 1. The largest absolute Gasteiger partial charge is 0.481 e. The first-order valence-corrected chi connectivity index (χ1v) is 7.79. The molecule has 1 saturated carbocycles. The molecule has 1 amide bonds. The molecule has 0 aromatic heterocycles. The van der Waals surface area contributed by atoms with Crippen molar-refractivity contribution in [2.24, 2.45) is 11.8 Å². The highest BCUT2D eigenvalue weighted by atomic mass is 16.4. The quantitative estimate of drug-likeness (QED) is 0.898. The van der Waals surface area contributed by atoms with Crippen molar-refractivity contribution in [3.63, 3.8) is 0 Å². The molecule has 0 heterocycles. The molecule has 0 radical (unpaired) electrons. The molecule has 0 bridgehead atoms. The van der Waals surface area contributed by atoms with Crippen molar-refractivity contribution in [3.8, 4) is 0 Å². The van der Waals surface area contributed by atoms with Crippen LogP contribution in [0, 0.1) is 11.8 Å². The molecule has 4 heteroatoms. The van der Waals surface area contributed by atoms with Gasteiger partial charge in [0.2, 0.25) is 5.91 Å². The highest BCUT2D eigenvalue weighted by molar-refractivity contribution is 5.92. The van der Waals surface area contributed by atoms with Crippen LogP contribution in [0.15, 0.2) is 18.2 Å². The number of amides is 1. The number of nitrogens with one attached hydrogen (secondary N) is 1. The Morgan fingerprint density at radius 1 is 1.00 bits per heavy atom. The van der Waals surface area contributed by atoms with Gasteiger partial charge in [-0.1, -0.05) is 6.07 Å². The normalized spacial score (nSPS) is 24.4. The number of fused-ring (bicyclic) bond motifs is 1. The van der Waals surface area contributed by atoms with Crippen LogP contribution < -0.4 is 5.32 Å². The van der Waals surface area contributed by atoms with Gasteiger partial charge in [0.1, 0.15) is 0 Å². The maximum absolute atomic E-state index is 12.3. The van der Waals surface area contributed by atoms with Gasteiger partial charge in [0.25, 0.3) is 0 Å². The SMILES string of the molecule is O=C(O)C1CCC(C(=O)Nc2ccc3c(c2)CCC3)CC1. The molecular formula is C17H21NO3. The molecule has 1 aromatic carbocycles. The third-order valence-corrected chi connectivity index (χ3v) is 4.81. The zero-order valence-corrected chi connectivity index (χ0v) is 12.1. The molecule has 0 aliphatic heterocycles. The van der Waals surface area contributed by atoms with E-state index in [1.54, 1.807) is 0 Å². The molecule has 0 saturated heterocycles. The Balaban J connectivity index is 1.58. The zero-order valence-electron chi connectivity index (χ0n) is 12.1. The van der Waals surface area contributed by atoms with E-state index in [9.17, 15) is 9.59 Å². The van der Waals surface area contributed by atoms with Gasteiger partial charge < -0.3 is 10.4 Å². The average molecular weight is 287 g/mol. The van der Waals surface area contributed by atoms with E-state index in [-0.39, 0.29) is 17.7 Å². The lowest BCUT2D eigenvalue weighted by Crippen LogP contribution is -2.29. The molecule has 1 fully saturated rings. The molecule has 2 N–H and O–H groups in total. The van der Waals surface area contributed by atoms with E-state index in [0.29, 0.717) is 25.7 Å². The summed E-state index contributed by atoms with van der Waals surface area (Å²) < 4.78 is 0. The maximum atomic E-state index is 12.3. The summed E-state index contributed by atoms with van der Waals surface area (Å²) in [5.74, 6) is -1.01. The summed E-state index contributed by atoms with van der Waals surface area (Å²) in [6, 6.07) is 6.17. The van der Waals surface area contributed by atoms with Crippen LogP contribution in [0.2, 0.25) is 0 Å². The molecule has 4 nitrogen and oxygen atoms in total. The fourth-order valence-electron chi connectivity index (χ4n) is 3.50. The number of hydrogen-bond donors (Lipinski definition) is 2. The molecule has 0 unspecified atom stereocenters. The molecule has 2 aliphatic rings. The molecule has 112 valence electrons. The Bertz CT molecular complexity index is 559. The van der Waals surface area contributed by atoms with Crippen LogP contribution >= 0.6 is 0 Å². The predicted molar refractivity (Wildman–Crippen MR) is 80.2 cm³/mol. The standard InChI is InChI=1S/C17H21NO3/c19-16(12-4-6-13(7-5-12)17(20)21)18-15-9-8-11-2-1-3-14(11)10-15/h8-10,12-13H,1-7H2,(H,18,19)(H,20,21). The first-order chi connectivity index (χ1) is 10.1. The summed E-state index contributed by atoms with van der Waals surface area (Å²) in [4.78, 5) is 23.2. The second kappa shape index (κ2) is 5.88. The van der Waals surface area contributed by atoms with Gasteiger partial charge in [-0.15, -0.1) is 0 Å². The number of hydrogen-bond acceptors (Lipinski definition) is 2. The van der Waals surface area contributed by atoms with Crippen molar-refractivity contribution in [1.82, 2.24) is 0 Å². The summed E-state index contributed by atoms with van der Waals surface area (Å²) in [6.45, 7) is 0. The van der Waals surface area contributed by atoms with E-state index in [1.807, 2.05) is 6.07 Å². The second-order valence-electron chi connectivity index (χ2n) is 6.21. The van der Waals surface area contributed by atoms with Crippen molar-refractivity contribution in [2.75, 3.05) is 5.32 Å². The lowest BCUT2D eigenvalue weighted by atomic mass is 9.81. The van der Waals surface area contributed by atoms with Gasteiger partial charge in [-0.05, 0) is 68.2 Å². The Morgan fingerprint density at radius 3 is 2.38 bits per heavy atom. The Labute approximate surface area is 124 Å². The average Bonchev–Trinajstić information content (AvgIpc) is 2.95. The number of rotatable bonds is 3. The fraction of sp³-hybridized carbons (Fsp3) is 0.529. The van der Waals surface area contributed by atoms with Crippen molar-refractivity contribution in [2.45, 2.75) is 44.9 Å². The third kappa shape index (κ3) is 3.09. The van der Waals surface area contributed by atoms with Gasteiger partial charge in [0.05, 0.1) is 5.92 Å². The third-order valence-electron chi connectivity index (χ3n) is 4.81. The van der Waals surface area contributed by atoms with Gasteiger partial charge in [-0.3, -0.25) is 9.59 Å². The molecule has 1 aromatic rings. The van der Waals surface area contributed by atoms with Gasteiger partial charge in [0, 0.05) is 11.6 Å². The number of aliphatic carboxylic acids is 1. The minimum absolute atomic E-state index is 0.0387. The van der Waals surface area contributed by atoms with E-state index >= 15 is 0 Å². The van der Waals surface area contributed by atoms with Crippen molar-refractivity contribution in [3.05, 3.63) is 29.3 Å². The molecular weight excluding hydrogens is 266 g/mol. The monoisotopic (exact) mass is 287 g/mol. The summed E-state index contributed by atoms with van der Waals surface area (Å²) in [5.41, 5.74) is 3.62. The van der Waals surface area contributed by atoms with Crippen LogP contribution in [0.4, 0.5) is 5.69 Å². The summed E-state index contributed by atoms with van der Waals surface area (Å²) in [6.07, 6.45) is 6.01. The van der Waals surface area contributed by atoms with Gasteiger partial charge in [-0.2, -0.15) is 0 Å². The van der Waals surface area contributed by atoms with E-state index in [0.717, 1.165) is 18.5 Å². The van der Waals surface area contributed by atoms with Crippen LogP contribution in [-0.4, -0.2) is 17.0 Å². The minimum atomic E-state index is -0.729. The smallest absolute Gasteiger partial charge is 0.306 e. The summed E-state index contributed by atoms with van der Waals surface area (Å²) in [7, 11) is 0. The highest BCUT2D eigenvalue weighted by Gasteiger charge is 2.29. The number of carbonyl (C=O) groups is 2. The van der Waals surface area contributed by atoms with Crippen molar-refractivity contribution < 1.29 is 14.7 Å². The number of carbonyl (C=O) groups excluding carboxylic acids is 1. The number of anilines is 1. The first-order valence-electron chi connectivity index (χ1n) is 7.79. The Kier molecular flexibility index (Phi) is 3.95. The minimum Gasteiger partial charge on any atom is -0.481 e. The van der Waals surface area contributed by atoms with Crippen LogP contribution in [-0.2, 0) is 22.4 Å². The van der Waals surface area contributed by atoms with E-state index in [2.05, 4.69) is 17.4 Å². The van der Waals surface area contributed by atoms with Crippen LogP contribution in [0.3, 0.4) is 0 Å². The Morgan fingerprint density at radius 2 is 1.67 bits per heavy atom. The fourth-order valence-corrected chi connectivity index (χ4v) is 3.50. The molecule has 21 heavy (non-hydrogen) atoms. The number of carboxylic acid groups (broad SMARTS) is 1. The van der Waals surface area contributed by atoms with Crippen molar-refractivity contribution in [1.29, 1.82) is 0 Å². The first kappa shape index (κ1) is 14.1. The van der Waals surface area contributed by atoms with Gasteiger partial charge >= 0.3 is 5.97 Å².